The van der Waals surface area contributed by atoms with Gasteiger partial charge in [0.15, 0.2) is 0 Å². The Morgan fingerprint density at radius 3 is 2.63 bits per heavy atom. The van der Waals surface area contributed by atoms with E-state index in [9.17, 15) is 4.39 Å². The molecule has 0 unspecified atom stereocenters. The molecule has 0 saturated carbocycles. The van der Waals surface area contributed by atoms with Crippen molar-refractivity contribution in [2.75, 3.05) is 0 Å². The minimum Gasteiger partial charge on any atom is -0.326 e. The Morgan fingerprint density at radius 2 is 1.79 bits per heavy atom. The van der Waals surface area contributed by atoms with Gasteiger partial charge < -0.3 is 4.57 Å². The van der Waals surface area contributed by atoms with Crippen molar-refractivity contribution < 1.29 is 4.39 Å². The fraction of sp³-hybridized carbons (Fsp3) is 0.0625. The highest BCUT2D eigenvalue weighted by Crippen LogP contribution is 2.38. The Balaban J connectivity index is 1.93. The van der Waals surface area contributed by atoms with E-state index in [4.69, 9.17) is 0 Å². The topological polar surface area (TPSA) is 17.8 Å². The van der Waals surface area contributed by atoms with E-state index in [0.717, 1.165) is 23.5 Å². The fourth-order valence-electron chi connectivity index (χ4n) is 2.68. The van der Waals surface area contributed by atoms with Crippen molar-refractivity contribution in [3.05, 3.63) is 66.2 Å². The molecule has 1 aliphatic rings. The molecule has 19 heavy (non-hydrogen) atoms. The summed E-state index contributed by atoms with van der Waals surface area (Å²) in [5, 5.41) is 0. The third-order valence-corrected chi connectivity index (χ3v) is 3.57. The highest BCUT2D eigenvalue weighted by molar-refractivity contribution is 5.82. The normalized spacial score (nSPS) is 12.3. The smallest absolute Gasteiger partial charge is 0.123 e. The van der Waals surface area contributed by atoms with Crippen LogP contribution in [0.25, 0.3) is 22.5 Å². The maximum absolute atomic E-state index is 13.0. The van der Waals surface area contributed by atoms with Gasteiger partial charge in [0.1, 0.15) is 5.82 Å². The van der Waals surface area contributed by atoms with E-state index in [1.165, 1.54) is 23.3 Å². The zero-order chi connectivity index (χ0) is 12.8. The van der Waals surface area contributed by atoms with Crippen LogP contribution < -0.4 is 0 Å². The van der Waals surface area contributed by atoms with Crippen LogP contribution in [0.1, 0.15) is 5.56 Å². The van der Waals surface area contributed by atoms with Gasteiger partial charge >= 0.3 is 0 Å². The third kappa shape index (κ3) is 1.51. The Kier molecular flexibility index (Phi) is 2.09. The summed E-state index contributed by atoms with van der Waals surface area (Å²) in [5.41, 5.74) is 5.53. The van der Waals surface area contributed by atoms with Crippen LogP contribution in [0.4, 0.5) is 4.39 Å². The van der Waals surface area contributed by atoms with Crippen molar-refractivity contribution in [1.29, 1.82) is 0 Å². The maximum Gasteiger partial charge on any atom is 0.123 e. The molecule has 3 aromatic rings. The number of fused-ring (bicyclic) bond motifs is 3. The molecule has 2 heterocycles. The Morgan fingerprint density at radius 1 is 1.00 bits per heavy atom. The van der Waals surface area contributed by atoms with E-state index in [0.29, 0.717) is 0 Å². The van der Waals surface area contributed by atoms with Gasteiger partial charge in [-0.2, -0.15) is 0 Å². The van der Waals surface area contributed by atoms with E-state index in [1.54, 1.807) is 12.1 Å². The van der Waals surface area contributed by atoms with Crippen LogP contribution in [0.3, 0.4) is 0 Å². The molecule has 0 saturated heterocycles. The SMILES string of the molecule is Fc1ccc(-c2ncn3c2-c2ccccc2C3)cc1. The summed E-state index contributed by atoms with van der Waals surface area (Å²) in [7, 11) is 0. The number of hydrogen-bond donors (Lipinski definition) is 0. The summed E-state index contributed by atoms with van der Waals surface area (Å²) in [4.78, 5) is 4.48. The van der Waals surface area contributed by atoms with Crippen LogP contribution in [0, 0.1) is 5.82 Å². The first-order valence-corrected chi connectivity index (χ1v) is 6.22. The minimum absolute atomic E-state index is 0.222. The van der Waals surface area contributed by atoms with Crippen LogP contribution in [0.2, 0.25) is 0 Å². The van der Waals surface area contributed by atoms with Crippen molar-refractivity contribution in [2.24, 2.45) is 0 Å². The largest absolute Gasteiger partial charge is 0.326 e. The van der Waals surface area contributed by atoms with E-state index in [-0.39, 0.29) is 5.82 Å². The molecule has 2 aromatic carbocycles. The van der Waals surface area contributed by atoms with Crippen LogP contribution in [0.5, 0.6) is 0 Å². The predicted octanol–water partition coefficient (Wildman–Crippen LogP) is 3.72. The van der Waals surface area contributed by atoms with Gasteiger partial charge in [0, 0.05) is 17.7 Å². The molecule has 0 radical (unpaired) electrons. The van der Waals surface area contributed by atoms with Gasteiger partial charge in [-0.05, 0) is 29.8 Å². The molecular formula is C16H11FN2. The number of hydrogen-bond acceptors (Lipinski definition) is 1. The molecule has 1 aromatic heterocycles. The lowest BCUT2D eigenvalue weighted by Gasteiger charge is -2.02. The summed E-state index contributed by atoms with van der Waals surface area (Å²) in [6.07, 6.45) is 1.86. The monoisotopic (exact) mass is 250 g/mol. The van der Waals surface area contributed by atoms with Crippen LogP contribution in [0.15, 0.2) is 54.9 Å². The van der Waals surface area contributed by atoms with Crippen LogP contribution >= 0.6 is 0 Å². The minimum atomic E-state index is -0.222. The lowest BCUT2D eigenvalue weighted by atomic mass is 10.0. The molecule has 0 amide bonds. The second-order valence-corrected chi connectivity index (χ2v) is 4.73. The number of aromatic nitrogens is 2. The van der Waals surface area contributed by atoms with Gasteiger partial charge in [-0.3, -0.25) is 0 Å². The molecule has 4 rings (SSSR count). The standard InChI is InChI=1S/C16H11FN2/c17-13-7-5-11(6-8-13)15-16-14-4-2-1-3-12(14)9-19(16)10-18-15/h1-8,10H,9H2. The summed E-state index contributed by atoms with van der Waals surface area (Å²) in [6, 6.07) is 14.8. The Hall–Kier alpha value is -2.42. The van der Waals surface area contributed by atoms with Crippen molar-refractivity contribution >= 4 is 0 Å². The summed E-state index contributed by atoms with van der Waals surface area (Å²) in [5.74, 6) is -0.222. The van der Waals surface area contributed by atoms with Crippen molar-refractivity contribution in [3.8, 4) is 22.5 Å². The zero-order valence-corrected chi connectivity index (χ0v) is 10.2. The number of benzene rings is 2. The first kappa shape index (κ1) is 10.5. The quantitative estimate of drug-likeness (QED) is 0.503. The number of rotatable bonds is 1. The van der Waals surface area contributed by atoms with Gasteiger partial charge in [0.2, 0.25) is 0 Å². The molecule has 0 spiro atoms. The van der Waals surface area contributed by atoms with Gasteiger partial charge in [0.25, 0.3) is 0 Å². The van der Waals surface area contributed by atoms with Gasteiger partial charge in [-0.25, -0.2) is 9.37 Å². The van der Waals surface area contributed by atoms with E-state index in [2.05, 4.69) is 27.8 Å². The average Bonchev–Trinajstić information content (AvgIpc) is 2.98. The molecule has 92 valence electrons. The number of imidazole rings is 1. The number of halogens is 1. The van der Waals surface area contributed by atoms with Crippen molar-refractivity contribution in [3.63, 3.8) is 0 Å². The lowest BCUT2D eigenvalue weighted by molar-refractivity contribution is 0.628. The lowest BCUT2D eigenvalue weighted by Crippen LogP contribution is -1.88. The summed E-state index contributed by atoms with van der Waals surface area (Å²) in [6.45, 7) is 0.861. The second-order valence-electron chi connectivity index (χ2n) is 4.73. The first-order valence-electron chi connectivity index (χ1n) is 6.22. The number of nitrogens with zero attached hydrogens (tertiary/aromatic N) is 2. The van der Waals surface area contributed by atoms with Gasteiger partial charge in [-0.1, -0.05) is 24.3 Å². The zero-order valence-electron chi connectivity index (χ0n) is 10.2. The van der Waals surface area contributed by atoms with E-state index >= 15 is 0 Å². The Bertz CT molecular complexity index is 757. The van der Waals surface area contributed by atoms with E-state index in [1.807, 2.05) is 12.4 Å². The van der Waals surface area contributed by atoms with Crippen LogP contribution in [-0.2, 0) is 6.54 Å². The molecule has 3 heteroatoms. The third-order valence-electron chi connectivity index (χ3n) is 3.57. The summed E-state index contributed by atoms with van der Waals surface area (Å²) >= 11 is 0. The summed E-state index contributed by atoms with van der Waals surface area (Å²) < 4.78 is 15.2. The molecular weight excluding hydrogens is 239 g/mol. The Labute approximate surface area is 110 Å². The van der Waals surface area contributed by atoms with Gasteiger partial charge in [0.05, 0.1) is 17.7 Å². The molecule has 0 aliphatic carbocycles. The van der Waals surface area contributed by atoms with Crippen molar-refractivity contribution in [1.82, 2.24) is 9.55 Å². The molecule has 0 bridgehead atoms. The van der Waals surface area contributed by atoms with Gasteiger partial charge in [-0.15, -0.1) is 0 Å². The van der Waals surface area contributed by atoms with Crippen LogP contribution in [-0.4, -0.2) is 9.55 Å². The molecule has 0 N–H and O–H groups in total. The van der Waals surface area contributed by atoms with Crippen molar-refractivity contribution in [2.45, 2.75) is 6.54 Å². The van der Waals surface area contributed by atoms with E-state index < -0.39 is 0 Å². The molecule has 0 atom stereocenters. The fourth-order valence-corrected chi connectivity index (χ4v) is 2.68. The highest BCUT2D eigenvalue weighted by atomic mass is 19.1. The highest BCUT2D eigenvalue weighted by Gasteiger charge is 2.22. The molecule has 0 fully saturated rings. The molecule has 2 nitrogen and oxygen atoms in total. The predicted molar refractivity (Wildman–Crippen MR) is 72.2 cm³/mol. The average molecular weight is 250 g/mol. The molecule has 1 aliphatic heterocycles. The maximum atomic E-state index is 13.0. The second kappa shape index (κ2) is 3.79. The first-order chi connectivity index (χ1) is 9.33.